The van der Waals surface area contributed by atoms with Crippen molar-refractivity contribution in [1.29, 1.82) is 10.5 Å². The average Bonchev–Trinajstić information content (AvgIpc) is 3.48. The van der Waals surface area contributed by atoms with Crippen molar-refractivity contribution in [1.82, 2.24) is 0 Å². The molecule has 0 aromatic heterocycles. The van der Waals surface area contributed by atoms with Crippen LogP contribution in [0.4, 0.5) is 17.6 Å². The molecule has 4 heterocycles. The van der Waals surface area contributed by atoms with Gasteiger partial charge < -0.3 is 20.9 Å². The van der Waals surface area contributed by atoms with Gasteiger partial charge in [-0.3, -0.25) is 9.98 Å². The quantitative estimate of drug-likeness (QED) is 0.460. The molecule has 0 aliphatic carbocycles. The summed E-state index contributed by atoms with van der Waals surface area (Å²) in [7, 11) is 0. The predicted molar refractivity (Wildman–Crippen MR) is 154 cm³/mol. The minimum Gasteiger partial charge on any atom is -0.386 e. The second-order valence-electron chi connectivity index (χ2n) is 12.6. The number of nitrogens with zero attached hydrogens (tertiary/aromatic N) is 4. The van der Waals surface area contributed by atoms with E-state index >= 15 is 0 Å². The Morgan fingerprint density at radius 1 is 0.727 bits per heavy atom. The van der Waals surface area contributed by atoms with Gasteiger partial charge in [-0.05, 0) is 52.7 Å². The number of nitriles is 2. The third-order valence-corrected chi connectivity index (χ3v) is 9.85. The Morgan fingerprint density at radius 3 is 1.43 bits per heavy atom. The van der Waals surface area contributed by atoms with Crippen LogP contribution in [0.25, 0.3) is 0 Å². The zero-order chi connectivity index (χ0) is 32.2. The van der Waals surface area contributed by atoms with E-state index in [-0.39, 0.29) is 60.1 Å². The Bertz CT molecular complexity index is 1520. The molecule has 8 nitrogen and oxygen atoms in total. The molecular formula is C32H34F4N6O2. The van der Waals surface area contributed by atoms with Crippen LogP contribution in [0, 0.1) is 68.6 Å². The summed E-state index contributed by atoms with van der Waals surface area (Å²) in [6.45, 7) is 7.39. The van der Waals surface area contributed by atoms with E-state index in [4.69, 9.17) is 20.9 Å². The van der Waals surface area contributed by atoms with Crippen molar-refractivity contribution in [3.05, 3.63) is 70.8 Å². The van der Waals surface area contributed by atoms with Crippen molar-refractivity contribution in [2.75, 3.05) is 13.2 Å². The summed E-state index contributed by atoms with van der Waals surface area (Å²) < 4.78 is 67.3. The highest BCUT2D eigenvalue weighted by Gasteiger charge is 2.58. The van der Waals surface area contributed by atoms with Crippen LogP contribution in [0.3, 0.4) is 0 Å². The maximum absolute atomic E-state index is 14.3. The number of hydrogen-bond acceptors (Lipinski definition) is 8. The molecule has 2 fully saturated rings. The van der Waals surface area contributed by atoms with Crippen LogP contribution in [0.1, 0.15) is 51.7 Å². The second kappa shape index (κ2) is 10.9. The first-order valence-corrected chi connectivity index (χ1v) is 14.3. The van der Waals surface area contributed by atoms with Gasteiger partial charge in [-0.25, -0.2) is 17.6 Å². The fraction of sp³-hybridized carbons (Fsp3) is 0.500. The summed E-state index contributed by atoms with van der Waals surface area (Å²) in [6, 6.07) is 12.4. The number of rotatable bonds is 2. The molecule has 4 aliphatic rings. The Labute approximate surface area is 253 Å². The number of fused-ring (bicyclic) bond motifs is 2. The van der Waals surface area contributed by atoms with Gasteiger partial charge in [-0.1, -0.05) is 24.3 Å². The van der Waals surface area contributed by atoms with Crippen LogP contribution in [0.15, 0.2) is 46.4 Å². The van der Waals surface area contributed by atoms with Gasteiger partial charge in [0.15, 0.2) is 23.3 Å². The van der Waals surface area contributed by atoms with Crippen molar-refractivity contribution in [2.24, 2.45) is 44.1 Å². The summed E-state index contributed by atoms with van der Waals surface area (Å²) in [5.41, 5.74) is 8.31. The fourth-order valence-electron chi connectivity index (χ4n) is 6.96. The molecule has 0 amide bonds. The van der Waals surface area contributed by atoms with Crippen molar-refractivity contribution in [3.8, 4) is 12.1 Å². The van der Waals surface area contributed by atoms with E-state index in [1.165, 1.54) is 24.3 Å². The Kier molecular flexibility index (Phi) is 7.76. The zero-order valence-electron chi connectivity index (χ0n) is 24.9. The van der Waals surface area contributed by atoms with Crippen LogP contribution >= 0.6 is 0 Å². The maximum atomic E-state index is 14.3. The first kappa shape index (κ1) is 31.4. The molecule has 0 spiro atoms. The molecule has 2 aromatic carbocycles. The van der Waals surface area contributed by atoms with E-state index in [0.717, 1.165) is 12.1 Å². The molecule has 44 heavy (non-hydrogen) atoms. The summed E-state index contributed by atoms with van der Waals surface area (Å²) >= 11 is 0. The van der Waals surface area contributed by atoms with Gasteiger partial charge in [0.2, 0.25) is 0 Å². The molecule has 12 heteroatoms. The molecule has 4 N–H and O–H groups in total. The number of amidine groups is 2. The number of hydrogen-bond donors (Lipinski definition) is 2. The molecular weight excluding hydrogens is 576 g/mol. The maximum Gasteiger partial charge on any atom is 0.164 e. The minimum absolute atomic E-state index is 0.126. The Hall–Kier alpha value is -4.00. The second-order valence-corrected chi connectivity index (χ2v) is 12.6. The number of ether oxygens (including phenoxy) is 2. The molecule has 6 rings (SSSR count). The van der Waals surface area contributed by atoms with Gasteiger partial charge in [0.1, 0.15) is 33.6 Å². The van der Waals surface area contributed by atoms with Crippen molar-refractivity contribution in [2.45, 2.75) is 63.8 Å². The number of nitrogens with two attached hydrogens (primary N) is 2. The lowest BCUT2D eigenvalue weighted by molar-refractivity contribution is 0.0995. The van der Waals surface area contributed by atoms with E-state index < -0.39 is 45.2 Å². The fourth-order valence-corrected chi connectivity index (χ4v) is 6.96. The molecule has 0 bridgehead atoms. The van der Waals surface area contributed by atoms with Crippen LogP contribution in [-0.4, -0.2) is 37.1 Å². The largest absolute Gasteiger partial charge is 0.386 e. The van der Waals surface area contributed by atoms with Gasteiger partial charge >= 0.3 is 0 Å². The molecule has 2 saturated heterocycles. The number of halogens is 4. The molecule has 0 radical (unpaired) electrons. The van der Waals surface area contributed by atoms with Gasteiger partial charge in [0, 0.05) is 23.0 Å². The van der Waals surface area contributed by atoms with Crippen LogP contribution in [-0.2, 0) is 20.6 Å². The zero-order valence-corrected chi connectivity index (χ0v) is 24.9. The predicted octanol–water partition coefficient (Wildman–Crippen LogP) is 4.97. The topological polar surface area (TPSA) is 143 Å². The standard InChI is InChI=1S/2C16H17F2N3O/c2*1-9-11-6-15(2,7-19)14(20)21-16(11,8-22-9)10-4-3-5-12(17)13(10)18/h2*3-5,9,11H,6,8H2,1-2H3,(H2,20,21)/t9-,11-,15+,16-;9-,11-,15-,16-/m11/s1. The lowest BCUT2D eigenvalue weighted by atomic mass is 9.67. The summed E-state index contributed by atoms with van der Waals surface area (Å²) in [5.74, 6) is -3.88. The van der Waals surface area contributed by atoms with Gasteiger partial charge in [0.25, 0.3) is 0 Å². The Balaban J connectivity index is 0.000000175. The van der Waals surface area contributed by atoms with Crippen molar-refractivity contribution >= 4 is 11.7 Å². The van der Waals surface area contributed by atoms with Gasteiger partial charge in [-0.2, -0.15) is 10.5 Å². The van der Waals surface area contributed by atoms with Crippen LogP contribution < -0.4 is 11.5 Å². The first-order valence-electron chi connectivity index (χ1n) is 14.3. The average molecular weight is 611 g/mol. The molecule has 0 unspecified atom stereocenters. The minimum atomic E-state index is -1.06. The first-order chi connectivity index (χ1) is 20.7. The monoisotopic (exact) mass is 610 g/mol. The molecule has 4 aliphatic heterocycles. The third-order valence-electron chi connectivity index (χ3n) is 9.85. The highest BCUT2D eigenvalue weighted by Crippen LogP contribution is 2.53. The van der Waals surface area contributed by atoms with E-state index in [2.05, 4.69) is 22.1 Å². The van der Waals surface area contributed by atoms with E-state index in [1.54, 1.807) is 13.8 Å². The van der Waals surface area contributed by atoms with Crippen molar-refractivity contribution in [3.63, 3.8) is 0 Å². The van der Waals surface area contributed by atoms with Gasteiger partial charge in [0.05, 0.1) is 37.6 Å². The van der Waals surface area contributed by atoms with E-state index in [0.29, 0.717) is 12.8 Å². The SMILES string of the molecule is C[C@H]1OC[C@]2(c3cccc(F)c3F)N=C(N)[C@@](C)(C#N)C[C@H]12.C[C@H]1OC[C@]2(c3cccc(F)c3F)N=C(N)[C@](C)(C#N)C[C@H]12. The lowest BCUT2D eigenvalue weighted by Gasteiger charge is -2.41. The summed E-state index contributed by atoms with van der Waals surface area (Å²) in [5, 5.41) is 18.8. The number of benzene rings is 2. The van der Waals surface area contributed by atoms with E-state index in [9.17, 15) is 28.1 Å². The molecule has 8 atom stereocenters. The third kappa shape index (κ3) is 4.63. The van der Waals surface area contributed by atoms with Crippen LogP contribution in [0.5, 0.6) is 0 Å². The molecule has 232 valence electrons. The van der Waals surface area contributed by atoms with E-state index in [1.807, 2.05) is 13.8 Å². The highest BCUT2D eigenvalue weighted by molar-refractivity contribution is 5.90. The smallest absolute Gasteiger partial charge is 0.164 e. The Morgan fingerprint density at radius 2 is 1.09 bits per heavy atom. The van der Waals surface area contributed by atoms with Gasteiger partial charge in [-0.15, -0.1) is 0 Å². The summed E-state index contributed by atoms with van der Waals surface area (Å²) in [4.78, 5) is 8.93. The highest BCUT2D eigenvalue weighted by atomic mass is 19.2. The summed E-state index contributed by atoms with van der Waals surface area (Å²) in [6.07, 6.45) is 0.366. The number of aliphatic imine (C=N–C) groups is 2. The van der Waals surface area contributed by atoms with Crippen LogP contribution in [0.2, 0.25) is 0 Å². The normalized spacial score (nSPS) is 37.3. The van der Waals surface area contributed by atoms with Crippen molar-refractivity contribution < 1.29 is 27.0 Å². The molecule has 2 aromatic rings. The lowest BCUT2D eigenvalue weighted by Crippen LogP contribution is -2.49. The molecule has 0 saturated carbocycles.